The van der Waals surface area contributed by atoms with Crippen LogP contribution in [0, 0.1) is 0 Å². The first kappa shape index (κ1) is 9.79. The van der Waals surface area contributed by atoms with Crippen molar-refractivity contribution in [3.05, 3.63) is 43.0 Å². The molecule has 0 aromatic carbocycles. The van der Waals surface area contributed by atoms with Crippen molar-refractivity contribution in [1.82, 2.24) is 24.8 Å². The van der Waals surface area contributed by atoms with Crippen molar-refractivity contribution < 1.29 is 0 Å². The number of rotatable bonds is 5. The number of nitrogens with one attached hydrogen (secondary N) is 1. The number of nitrogens with zero attached hydrogens (tertiary/aromatic N) is 4. The van der Waals surface area contributed by atoms with Gasteiger partial charge in [0.25, 0.3) is 0 Å². The summed E-state index contributed by atoms with van der Waals surface area (Å²) >= 11 is 0. The highest BCUT2D eigenvalue weighted by Gasteiger charge is 1.93. The van der Waals surface area contributed by atoms with Gasteiger partial charge < -0.3 is 9.88 Å². The second-order valence-electron chi connectivity index (χ2n) is 3.18. The van der Waals surface area contributed by atoms with E-state index in [0.717, 1.165) is 25.3 Å². The number of hydrogen-bond acceptors (Lipinski definition) is 4. The minimum atomic E-state index is 0.775. The lowest BCUT2D eigenvalue weighted by Crippen LogP contribution is -2.19. The van der Waals surface area contributed by atoms with E-state index in [1.807, 2.05) is 23.2 Å². The Morgan fingerprint density at radius 2 is 2.27 bits per heavy atom. The molecule has 1 N–H and O–H groups in total. The van der Waals surface area contributed by atoms with E-state index in [1.165, 1.54) is 0 Å². The van der Waals surface area contributed by atoms with Gasteiger partial charge in [-0.3, -0.25) is 0 Å². The molecule has 0 amide bonds. The predicted molar refractivity (Wildman–Crippen MR) is 56.0 cm³/mol. The normalized spacial score (nSPS) is 10.4. The van der Waals surface area contributed by atoms with Crippen LogP contribution in [0.5, 0.6) is 0 Å². The fourth-order valence-electron chi connectivity index (χ4n) is 1.27. The van der Waals surface area contributed by atoms with Gasteiger partial charge in [-0.05, 0) is 6.07 Å². The number of aromatic nitrogens is 4. The summed E-state index contributed by atoms with van der Waals surface area (Å²) < 4.78 is 2.03. The maximum absolute atomic E-state index is 4.12. The first-order chi connectivity index (χ1) is 7.45. The standard InChI is InChI=1S/C10H13N5/c1-2-12-8-14-10(1)7-11-3-5-15-6-4-13-9-15/h1-2,4,6,8-9,11H,3,5,7H2. The second kappa shape index (κ2) is 5.21. The zero-order valence-electron chi connectivity index (χ0n) is 8.37. The molecule has 0 saturated carbocycles. The molecule has 0 atom stereocenters. The number of hydrogen-bond donors (Lipinski definition) is 1. The molecule has 5 heteroatoms. The molecule has 0 bridgehead atoms. The van der Waals surface area contributed by atoms with Crippen LogP contribution in [0.25, 0.3) is 0 Å². The molecule has 0 aliphatic heterocycles. The van der Waals surface area contributed by atoms with Crippen LogP contribution < -0.4 is 5.32 Å². The van der Waals surface area contributed by atoms with Crippen molar-refractivity contribution in [3.63, 3.8) is 0 Å². The van der Waals surface area contributed by atoms with Crippen LogP contribution in [0.1, 0.15) is 5.69 Å². The minimum Gasteiger partial charge on any atom is -0.336 e. The topological polar surface area (TPSA) is 55.6 Å². The summed E-state index contributed by atoms with van der Waals surface area (Å²) in [5.41, 5.74) is 1.01. The molecule has 0 saturated heterocycles. The maximum atomic E-state index is 4.12. The lowest BCUT2D eigenvalue weighted by atomic mass is 10.4. The Morgan fingerprint density at radius 3 is 3.00 bits per heavy atom. The monoisotopic (exact) mass is 203 g/mol. The molecule has 0 aliphatic rings. The molecule has 0 spiro atoms. The van der Waals surface area contributed by atoms with Gasteiger partial charge in [0.2, 0.25) is 0 Å². The molecule has 0 radical (unpaired) electrons. The van der Waals surface area contributed by atoms with Gasteiger partial charge in [-0.15, -0.1) is 0 Å². The van der Waals surface area contributed by atoms with Gasteiger partial charge >= 0.3 is 0 Å². The third-order valence-corrected chi connectivity index (χ3v) is 2.06. The van der Waals surface area contributed by atoms with Crippen LogP contribution in [-0.2, 0) is 13.1 Å². The third-order valence-electron chi connectivity index (χ3n) is 2.06. The molecule has 5 nitrogen and oxygen atoms in total. The highest BCUT2D eigenvalue weighted by molar-refractivity contribution is 4.96. The van der Waals surface area contributed by atoms with Gasteiger partial charge in [-0.25, -0.2) is 15.0 Å². The first-order valence-electron chi connectivity index (χ1n) is 4.86. The van der Waals surface area contributed by atoms with Gasteiger partial charge in [0.05, 0.1) is 12.0 Å². The summed E-state index contributed by atoms with van der Waals surface area (Å²) in [4.78, 5) is 12.0. The fraction of sp³-hybridized carbons (Fsp3) is 0.300. The largest absolute Gasteiger partial charge is 0.336 e. The van der Waals surface area contributed by atoms with E-state index in [9.17, 15) is 0 Å². The summed E-state index contributed by atoms with van der Waals surface area (Å²) in [6.45, 7) is 2.60. The van der Waals surface area contributed by atoms with Gasteiger partial charge in [-0.2, -0.15) is 0 Å². The van der Waals surface area contributed by atoms with Crippen molar-refractivity contribution in [1.29, 1.82) is 0 Å². The summed E-state index contributed by atoms with van der Waals surface area (Å²) in [5, 5.41) is 3.30. The molecule has 15 heavy (non-hydrogen) atoms. The van der Waals surface area contributed by atoms with E-state index < -0.39 is 0 Å². The fourth-order valence-corrected chi connectivity index (χ4v) is 1.27. The van der Waals surface area contributed by atoms with Crippen molar-refractivity contribution in [2.24, 2.45) is 0 Å². The molecule has 0 fully saturated rings. The molecule has 0 unspecified atom stereocenters. The van der Waals surface area contributed by atoms with Gasteiger partial charge in [0, 0.05) is 38.2 Å². The SMILES string of the molecule is c1cc(CNCCn2ccnc2)ncn1. The van der Waals surface area contributed by atoms with Crippen molar-refractivity contribution in [2.45, 2.75) is 13.1 Å². The Morgan fingerprint density at radius 1 is 1.27 bits per heavy atom. The molecule has 2 heterocycles. The smallest absolute Gasteiger partial charge is 0.115 e. The Labute approximate surface area is 88.2 Å². The van der Waals surface area contributed by atoms with Crippen LogP contribution in [0.2, 0.25) is 0 Å². The molecule has 0 aliphatic carbocycles. The summed E-state index contributed by atoms with van der Waals surface area (Å²) in [7, 11) is 0. The van der Waals surface area contributed by atoms with Crippen LogP contribution in [-0.4, -0.2) is 26.1 Å². The average Bonchev–Trinajstić information content (AvgIpc) is 2.79. The zero-order valence-corrected chi connectivity index (χ0v) is 8.37. The third kappa shape index (κ3) is 3.14. The quantitative estimate of drug-likeness (QED) is 0.717. The molecular formula is C10H13N5. The number of imidazole rings is 1. The summed E-state index contributed by atoms with van der Waals surface area (Å²) in [6.07, 6.45) is 8.86. The van der Waals surface area contributed by atoms with Crippen LogP contribution in [0.4, 0.5) is 0 Å². The lowest BCUT2D eigenvalue weighted by Gasteiger charge is -2.04. The maximum Gasteiger partial charge on any atom is 0.115 e. The van der Waals surface area contributed by atoms with E-state index >= 15 is 0 Å². The van der Waals surface area contributed by atoms with Crippen LogP contribution in [0.15, 0.2) is 37.3 Å². The molecule has 2 rings (SSSR count). The minimum absolute atomic E-state index is 0.775. The first-order valence-corrected chi connectivity index (χ1v) is 4.86. The van der Waals surface area contributed by atoms with Gasteiger partial charge in [0.1, 0.15) is 6.33 Å². The van der Waals surface area contributed by atoms with Crippen molar-refractivity contribution in [3.8, 4) is 0 Å². The Hall–Kier alpha value is -1.75. The second-order valence-corrected chi connectivity index (χ2v) is 3.18. The Balaban J connectivity index is 1.68. The van der Waals surface area contributed by atoms with Crippen LogP contribution >= 0.6 is 0 Å². The molecule has 2 aromatic rings. The summed E-state index contributed by atoms with van der Waals surface area (Å²) in [6, 6.07) is 1.91. The van der Waals surface area contributed by atoms with E-state index in [4.69, 9.17) is 0 Å². The van der Waals surface area contributed by atoms with Gasteiger partial charge in [-0.1, -0.05) is 0 Å². The predicted octanol–water partition coefficient (Wildman–Crippen LogP) is 0.463. The Bertz CT molecular complexity index is 370. The molecule has 2 aromatic heterocycles. The zero-order chi connectivity index (χ0) is 10.3. The Kier molecular flexibility index (Phi) is 3.40. The van der Waals surface area contributed by atoms with Gasteiger partial charge in [0.15, 0.2) is 0 Å². The van der Waals surface area contributed by atoms with Crippen molar-refractivity contribution >= 4 is 0 Å². The highest BCUT2D eigenvalue weighted by atomic mass is 15.0. The highest BCUT2D eigenvalue weighted by Crippen LogP contribution is 1.89. The van der Waals surface area contributed by atoms with E-state index in [0.29, 0.717) is 0 Å². The van der Waals surface area contributed by atoms with E-state index in [1.54, 1.807) is 18.7 Å². The van der Waals surface area contributed by atoms with Crippen LogP contribution in [0.3, 0.4) is 0 Å². The summed E-state index contributed by atoms with van der Waals surface area (Å²) in [5.74, 6) is 0. The van der Waals surface area contributed by atoms with E-state index in [-0.39, 0.29) is 0 Å². The molecular weight excluding hydrogens is 190 g/mol. The van der Waals surface area contributed by atoms with E-state index in [2.05, 4.69) is 20.3 Å². The van der Waals surface area contributed by atoms with Crippen molar-refractivity contribution in [2.75, 3.05) is 6.54 Å². The average molecular weight is 203 g/mol. The lowest BCUT2D eigenvalue weighted by molar-refractivity contribution is 0.591. The molecule has 78 valence electrons.